The molecule has 3 atom stereocenters. The van der Waals surface area contributed by atoms with Gasteiger partial charge in [-0.1, -0.05) is 19.1 Å². The van der Waals surface area contributed by atoms with E-state index in [1.54, 1.807) is 13.1 Å². The number of ether oxygens (including phenoxy) is 2. The maximum atomic E-state index is 12.0. The highest BCUT2D eigenvalue weighted by Crippen LogP contribution is 2.27. The Morgan fingerprint density at radius 1 is 1.23 bits per heavy atom. The van der Waals surface area contributed by atoms with Crippen LogP contribution in [0.5, 0.6) is 11.6 Å². The number of benzene rings is 1. The van der Waals surface area contributed by atoms with Crippen LogP contribution in [0.15, 0.2) is 42.6 Å². The van der Waals surface area contributed by atoms with Gasteiger partial charge in [0.2, 0.25) is 5.88 Å². The Balaban J connectivity index is 1.54. The summed E-state index contributed by atoms with van der Waals surface area (Å²) in [5.74, 6) is 0.985. The van der Waals surface area contributed by atoms with Crippen molar-refractivity contribution < 1.29 is 14.3 Å². The predicted molar refractivity (Wildman–Crippen MR) is 121 cm³/mol. The van der Waals surface area contributed by atoms with E-state index in [1.807, 2.05) is 63.2 Å². The second-order valence-corrected chi connectivity index (χ2v) is 8.48. The van der Waals surface area contributed by atoms with Crippen molar-refractivity contribution in [3.63, 3.8) is 0 Å². The first-order valence-electron chi connectivity index (χ1n) is 10.9. The van der Waals surface area contributed by atoms with Crippen LogP contribution in [0.3, 0.4) is 0 Å². The van der Waals surface area contributed by atoms with E-state index in [1.165, 1.54) is 0 Å². The minimum absolute atomic E-state index is 0.0144. The molecule has 1 fully saturated rings. The number of rotatable bonds is 9. The fraction of sp³-hybridized carbons (Fsp3) is 0.480. The molecule has 0 bridgehead atoms. The molecule has 31 heavy (non-hydrogen) atoms. The van der Waals surface area contributed by atoms with Gasteiger partial charge in [-0.05, 0) is 50.5 Å². The number of aromatic nitrogens is 1. The van der Waals surface area contributed by atoms with Crippen LogP contribution < -0.4 is 14.4 Å². The summed E-state index contributed by atoms with van der Waals surface area (Å²) in [6, 6.07) is 13.9. The number of nitriles is 1. The number of nitrogens with zero attached hydrogens (tertiary/aromatic N) is 3. The molecule has 0 radical (unpaired) electrons. The monoisotopic (exact) mass is 421 g/mol. The second kappa shape index (κ2) is 10.3. The molecule has 1 aromatic carbocycles. The number of Topliss-reactive ketones (excluding diaryl/α,β-unsaturated/α-hetero) is 1. The molecule has 0 aliphatic carbocycles. The van der Waals surface area contributed by atoms with Gasteiger partial charge in [0.05, 0.1) is 18.7 Å². The summed E-state index contributed by atoms with van der Waals surface area (Å²) < 4.78 is 11.9. The first-order valence-corrected chi connectivity index (χ1v) is 10.9. The average Bonchev–Trinajstić information content (AvgIpc) is 3.21. The standard InChI is InChI=1S/C25H31N3O3/c1-17(2)30-25-14-21(9-11-27-25)28-12-10-23(16-28)31-22-7-5-20(6-8-22)18(3)13-24(29)19(4)15-26/h5-9,11,14,17-19,23H,10,12-13,16H2,1-4H3/t18-,19?,23?/m1/s1. The van der Waals surface area contributed by atoms with E-state index in [-0.39, 0.29) is 23.9 Å². The highest BCUT2D eigenvalue weighted by molar-refractivity contribution is 5.83. The van der Waals surface area contributed by atoms with E-state index in [4.69, 9.17) is 14.7 Å². The van der Waals surface area contributed by atoms with Crippen LogP contribution in [0.2, 0.25) is 0 Å². The van der Waals surface area contributed by atoms with Crippen molar-refractivity contribution in [1.82, 2.24) is 4.98 Å². The third kappa shape index (κ3) is 6.21. The Kier molecular flexibility index (Phi) is 7.51. The van der Waals surface area contributed by atoms with Crippen molar-refractivity contribution in [3.05, 3.63) is 48.2 Å². The second-order valence-electron chi connectivity index (χ2n) is 8.48. The van der Waals surface area contributed by atoms with E-state index in [2.05, 4.69) is 9.88 Å². The summed E-state index contributed by atoms with van der Waals surface area (Å²) in [5, 5.41) is 8.90. The van der Waals surface area contributed by atoms with E-state index < -0.39 is 5.92 Å². The topological polar surface area (TPSA) is 75.5 Å². The minimum atomic E-state index is -0.552. The number of pyridine rings is 1. The van der Waals surface area contributed by atoms with Gasteiger partial charge in [-0.15, -0.1) is 0 Å². The Morgan fingerprint density at radius 2 is 1.97 bits per heavy atom. The van der Waals surface area contributed by atoms with Gasteiger partial charge >= 0.3 is 0 Å². The zero-order chi connectivity index (χ0) is 22.4. The number of ketones is 1. The fourth-order valence-corrected chi connectivity index (χ4v) is 3.70. The van der Waals surface area contributed by atoms with Crippen LogP contribution in [-0.4, -0.2) is 36.1 Å². The zero-order valence-corrected chi connectivity index (χ0v) is 18.7. The summed E-state index contributed by atoms with van der Waals surface area (Å²) >= 11 is 0. The molecule has 6 nitrogen and oxygen atoms in total. The van der Waals surface area contributed by atoms with Gasteiger partial charge < -0.3 is 14.4 Å². The van der Waals surface area contributed by atoms with Crippen molar-refractivity contribution >= 4 is 11.5 Å². The Morgan fingerprint density at radius 3 is 2.65 bits per heavy atom. The highest BCUT2D eigenvalue weighted by Gasteiger charge is 2.25. The number of hydrogen-bond donors (Lipinski definition) is 0. The maximum Gasteiger partial charge on any atom is 0.215 e. The van der Waals surface area contributed by atoms with Gasteiger partial charge in [0, 0.05) is 37.3 Å². The third-order valence-corrected chi connectivity index (χ3v) is 5.52. The molecule has 3 rings (SSSR count). The first kappa shape index (κ1) is 22.6. The number of anilines is 1. The predicted octanol–water partition coefficient (Wildman–Crippen LogP) is 4.75. The molecule has 0 amide bonds. The van der Waals surface area contributed by atoms with Gasteiger partial charge in [-0.2, -0.15) is 5.26 Å². The molecule has 2 heterocycles. The van der Waals surface area contributed by atoms with Gasteiger partial charge in [0.15, 0.2) is 0 Å². The average molecular weight is 422 g/mol. The van der Waals surface area contributed by atoms with Crippen molar-refractivity contribution in [1.29, 1.82) is 5.26 Å². The minimum Gasteiger partial charge on any atom is -0.489 e. The van der Waals surface area contributed by atoms with E-state index in [0.29, 0.717) is 12.3 Å². The highest BCUT2D eigenvalue weighted by atomic mass is 16.5. The third-order valence-electron chi connectivity index (χ3n) is 5.52. The summed E-state index contributed by atoms with van der Waals surface area (Å²) in [4.78, 5) is 18.6. The van der Waals surface area contributed by atoms with Crippen molar-refractivity contribution in [3.8, 4) is 17.7 Å². The molecule has 1 saturated heterocycles. The molecule has 1 aliphatic heterocycles. The largest absolute Gasteiger partial charge is 0.489 e. The first-order chi connectivity index (χ1) is 14.9. The lowest BCUT2D eigenvalue weighted by atomic mass is 9.92. The van der Waals surface area contributed by atoms with Crippen LogP contribution in [0.25, 0.3) is 0 Å². The van der Waals surface area contributed by atoms with E-state index in [9.17, 15) is 4.79 Å². The Bertz CT molecular complexity index is 920. The van der Waals surface area contributed by atoms with Gasteiger partial charge in [-0.3, -0.25) is 4.79 Å². The maximum absolute atomic E-state index is 12.0. The molecule has 2 aromatic rings. The van der Waals surface area contributed by atoms with Gasteiger partial charge in [-0.25, -0.2) is 4.98 Å². The molecule has 0 N–H and O–H groups in total. The molecule has 1 aromatic heterocycles. The van der Waals surface area contributed by atoms with E-state index >= 15 is 0 Å². The smallest absolute Gasteiger partial charge is 0.215 e. The summed E-state index contributed by atoms with van der Waals surface area (Å²) in [6.45, 7) is 9.38. The summed E-state index contributed by atoms with van der Waals surface area (Å²) in [6.07, 6.45) is 3.31. The normalized spacial score (nSPS) is 17.8. The van der Waals surface area contributed by atoms with E-state index in [0.717, 1.165) is 36.5 Å². The van der Waals surface area contributed by atoms with Gasteiger partial charge in [0.25, 0.3) is 0 Å². The zero-order valence-electron chi connectivity index (χ0n) is 18.7. The summed E-state index contributed by atoms with van der Waals surface area (Å²) in [7, 11) is 0. The number of hydrogen-bond acceptors (Lipinski definition) is 6. The molecular weight excluding hydrogens is 390 g/mol. The van der Waals surface area contributed by atoms with Crippen LogP contribution in [-0.2, 0) is 4.79 Å². The lowest BCUT2D eigenvalue weighted by Gasteiger charge is -2.20. The van der Waals surface area contributed by atoms with Crippen LogP contribution in [0, 0.1) is 17.2 Å². The molecule has 0 spiro atoms. The van der Waals surface area contributed by atoms with Gasteiger partial charge in [0.1, 0.15) is 23.6 Å². The quantitative estimate of drug-likeness (QED) is 0.582. The van der Waals surface area contributed by atoms with Crippen molar-refractivity contribution in [2.45, 2.75) is 58.7 Å². The lowest BCUT2D eigenvalue weighted by molar-refractivity contribution is -0.121. The SMILES string of the molecule is CC(C)Oc1cc(N2CCC(Oc3ccc([C@H](C)CC(=O)C(C)C#N)cc3)C2)ccn1. The summed E-state index contributed by atoms with van der Waals surface area (Å²) in [5.41, 5.74) is 2.17. The fourth-order valence-electron chi connectivity index (χ4n) is 3.70. The molecule has 6 heteroatoms. The Hall–Kier alpha value is -3.07. The molecular formula is C25H31N3O3. The van der Waals surface area contributed by atoms with Crippen LogP contribution in [0.4, 0.5) is 5.69 Å². The molecule has 164 valence electrons. The number of carbonyl (C=O) groups excluding carboxylic acids is 1. The Labute approximate surface area is 184 Å². The lowest BCUT2D eigenvalue weighted by Crippen LogP contribution is -2.24. The van der Waals surface area contributed by atoms with Crippen LogP contribution >= 0.6 is 0 Å². The number of carbonyl (C=O) groups is 1. The van der Waals surface area contributed by atoms with Crippen molar-refractivity contribution in [2.24, 2.45) is 5.92 Å². The molecule has 0 saturated carbocycles. The van der Waals surface area contributed by atoms with Crippen molar-refractivity contribution in [2.75, 3.05) is 18.0 Å². The molecule has 1 aliphatic rings. The van der Waals surface area contributed by atoms with Crippen LogP contribution in [0.1, 0.15) is 52.0 Å². The molecule has 2 unspecified atom stereocenters.